The predicted octanol–water partition coefficient (Wildman–Crippen LogP) is -0.313. The van der Waals surface area contributed by atoms with E-state index < -0.39 is 0 Å². The molecule has 1 saturated heterocycles. The molecule has 2 atom stereocenters. The number of nitrogens with one attached hydrogen (secondary N) is 2. The summed E-state index contributed by atoms with van der Waals surface area (Å²) in [5.41, 5.74) is 1.16. The average molecular weight is 176 g/mol. The van der Waals surface area contributed by atoms with Crippen LogP contribution in [-0.2, 0) is 0 Å². The number of allylic oxidation sites excluding steroid dienone is 1. The first-order chi connectivity index (χ1) is 6.42. The van der Waals surface area contributed by atoms with Crippen molar-refractivity contribution in [1.82, 2.24) is 10.6 Å². The van der Waals surface area contributed by atoms with Crippen molar-refractivity contribution < 1.29 is 0 Å². The van der Waals surface area contributed by atoms with Crippen LogP contribution in [0.2, 0.25) is 0 Å². The van der Waals surface area contributed by atoms with Gasteiger partial charge in [0.25, 0.3) is 0 Å². The molecule has 0 aromatic heterocycles. The maximum Gasteiger partial charge on any atom is 0.127 e. The molecule has 0 bridgehead atoms. The molecule has 0 aromatic carbocycles. The number of piperidine rings is 1. The SMILES string of the molecule is C1=NC2CNCCC23N=CNC3=C1. The Morgan fingerprint density at radius 2 is 2.54 bits per heavy atom. The van der Waals surface area contributed by atoms with Crippen molar-refractivity contribution in [2.75, 3.05) is 13.1 Å². The maximum absolute atomic E-state index is 4.55. The fraction of sp³-hybridized carbons (Fsp3) is 0.556. The summed E-state index contributed by atoms with van der Waals surface area (Å²) in [4.78, 5) is 9.02. The van der Waals surface area contributed by atoms with Gasteiger partial charge in [-0.05, 0) is 19.0 Å². The number of hydrogen-bond acceptors (Lipinski definition) is 4. The topological polar surface area (TPSA) is 48.8 Å². The van der Waals surface area contributed by atoms with Gasteiger partial charge in [-0.1, -0.05) is 0 Å². The number of aliphatic imine (C=N–C) groups is 2. The molecule has 3 aliphatic heterocycles. The van der Waals surface area contributed by atoms with E-state index in [0.29, 0.717) is 0 Å². The van der Waals surface area contributed by atoms with E-state index in [4.69, 9.17) is 0 Å². The van der Waals surface area contributed by atoms with Gasteiger partial charge in [-0.3, -0.25) is 9.98 Å². The zero-order chi connectivity index (χ0) is 8.73. The zero-order valence-corrected chi connectivity index (χ0v) is 7.33. The summed E-state index contributed by atoms with van der Waals surface area (Å²) in [6.07, 6.45) is 6.77. The summed E-state index contributed by atoms with van der Waals surface area (Å²) in [7, 11) is 0. The Hall–Kier alpha value is -1.16. The molecule has 0 aromatic rings. The molecule has 0 amide bonds. The Bertz CT molecular complexity index is 318. The van der Waals surface area contributed by atoms with Crippen molar-refractivity contribution >= 4 is 12.6 Å². The summed E-state index contributed by atoms with van der Waals surface area (Å²) in [5.74, 6) is 0. The van der Waals surface area contributed by atoms with Crippen molar-refractivity contribution in [3.63, 3.8) is 0 Å². The zero-order valence-electron chi connectivity index (χ0n) is 7.33. The van der Waals surface area contributed by atoms with E-state index in [1.165, 1.54) is 5.70 Å². The molecule has 1 spiro atoms. The number of dihydropyridines is 1. The summed E-state index contributed by atoms with van der Waals surface area (Å²) in [6.45, 7) is 1.97. The van der Waals surface area contributed by atoms with E-state index >= 15 is 0 Å². The first-order valence-corrected chi connectivity index (χ1v) is 4.67. The van der Waals surface area contributed by atoms with Gasteiger partial charge < -0.3 is 10.6 Å². The van der Waals surface area contributed by atoms with Gasteiger partial charge in [-0.15, -0.1) is 0 Å². The molecule has 2 N–H and O–H groups in total. The lowest BCUT2D eigenvalue weighted by Crippen LogP contribution is -2.54. The maximum atomic E-state index is 4.55. The Kier molecular flexibility index (Phi) is 1.35. The molecule has 0 saturated carbocycles. The summed E-state index contributed by atoms with van der Waals surface area (Å²) >= 11 is 0. The summed E-state index contributed by atoms with van der Waals surface area (Å²) in [6, 6.07) is 0.285. The lowest BCUT2D eigenvalue weighted by Gasteiger charge is -2.39. The van der Waals surface area contributed by atoms with Gasteiger partial charge in [-0.2, -0.15) is 0 Å². The van der Waals surface area contributed by atoms with Gasteiger partial charge in [0, 0.05) is 18.5 Å². The minimum Gasteiger partial charge on any atom is -0.348 e. The van der Waals surface area contributed by atoms with Crippen molar-refractivity contribution in [1.29, 1.82) is 0 Å². The minimum atomic E-state index is -0.0556. The Morgan fingerprint density at radius 3 is 3.54 bits per heavy atom. The molecular weight excluding hydrogens is 164 g/mol. The molecule has 4 heteroatoms. The Morgan fingerprint density at radius 1 is 1.54 bits per heavy atom. The molecule has 13 heavy (non-hydrogen) atoms. The van der Waals surface area contributed by atoms with Crippen LogP contribution in [0, 0.1) is 0 Å². The molecule has 3 heterocycles. The van der Waals surface area contributed by atoms with Crippen LogP contribution in [0.25, 0.3) is 0 Å². The Labute approximate surface area is 76.8 Å². The highest BCUT2D eigenvalue weighted by Crippen LogP contribution is 2.35. The van der Waals surface area contributed by atoms with Crippen molar-refractivity contribution in [3.05, 3.63) is 11.8 Å². The molecule has 68 valence electrons. The smallest absolute Gasteiger partial charge is 0.127 e. The largest absolute Gasteiger partial charge is 0.348 e. The summed E-state index contributed by atoms with van der Waals surface area (Å²) in [5, 5.41) is 6.55. The second kappa shape index (κ2) is 2.42. The normalized spacial score (nSPS) is 40.6. The molecule has 3 aliphatic rings. The molecule has 2 unspecified atom stereocenters. The van der Waals surface area contributed by atoms with Gasteiger partial charge >= 0.3 is 0 Å². The first-order valence-electron chi connectivity index (χ1n) is 4.67. The number of rotatable bonds is 0. The molecular formula is C9H12N4. The molecule has 0 aliphatic carbocycles. The van der Waals surface area contributed by atoms with Crippen molar-refractivity contribution in [3.8, 4) is 0 Å². The van der Waals surface area contributed by atoms with E-state index in [9.17, 15) is 0 Å². The lowest BCUT2D eigenvalue weighted by molar-refractivity contribution is 0.315. The standard InChI is InChI=1S/C9H12N4/c1-3-11-8-5-10-4-2-9(8)7(1)12-6-13-9/h1,3,6,8,10H,2,4-5H2,(H,12,13). The van der Waals surface area contributed by atoms with Gasteiger partial charge in [-0.25, -0.2) is 0 Å². The molecule has 1 fully saturated rings. The third-order valence-corrected chi connectivity index (χ3v) is 3.06. The second-order valence-corrected chi connectivity index (χ2v) is 3.68. The minimum absolute atomic E-state index is 0.0556. The quantitative estimate of drug-likeness (QED) is 0.532. The van der Waals surface area contributed by atoms with Gasteiger partial charge in [0.1, 0.15) is 5.54 Å². The first kappa shape index (κ1) is 7.26. The lowest BCUT2D eigenvalue weighted by atomic mass is 9.81. The van der Waals surface area contributed by atoms with Gasteiger partial charge in [0.05, 0.1) is 12.4 Å². The van der Waals surface area contributed by atoms with Crippen LogP contribution in [-0.4, -0.2) is 37.2 Å². The van der Waals surface area contributed by atoms with Crippen LogP contribution < -0.4 is 10.6 Å². The fourth-order valence-electron chi connectivity index (χ4n) is 2.32. The highest BCUT2D eigenvalue weighted by atomic mass is 15.2. The van der Waals surface area contributed by atoms with E-state index in [0.717, 1.165) is 19.5 Å². The van der Waals surface area contributed by atoms with Crippen LogP contribution in [0.15, 0.2) is 21.8 Å². The third kappa shape index (κ3) is 0.836. The molecule has 4 nitrogen and oxygen atoms in total. The van der Waals surface area contributed by atoms with Crippen LogP contribution in [0.5, 0.6) is 0 Å². The van der Waals surface area contributed by atoms with Crippen LogP contribution in [0.4, 0.5) is 0 Å². The average Bonchev–Trinajstić information content (AvgIpc) is 2.58. The highest BCUT2D eigenvalue weighted by molar-refractivity contribution is 5.79. The van der Waals surface area contributed by atoms with Crippen LogP contribution in [0.3, 0.4) is 0 Å². The Balaban J connectivity index is 2.06. The van der Waals surface area contributed by atoms with Crippen molar-refractivity contribution in [2.45, 2.75) is 18.0 Å². The van der Waals surface area contributed by atoms with Crippen LogP contribution in [0.1, 0.15) is 6.42 Å². The predicted molar refractivity (Wildman–Crippen MR) is 52.2 cm³/mol. The molecule has 3 rings (SSSR count). The van der Waals surface area contributed by atoms with Gasteiger partial charge in [0.15, 0.2) is 0 Å². The molecule has 0 radical (unpaired) electrons. The fourth-order valence-corrected chi connectivity index (χ4v) is 2.32. The van der Waals surface area contributed by atoms with E-state index in [2.05, 4.69) is 20.6 Å². The highest BCUT2D eigenvalue weighted by Gasteiger charge is 2.46. The third-order valence-electron chi connectivity index (χ3n) is 3.06. The van der Waals surface area contributed by atoms with E-state index in [1.54, 1.807) is 6.34 Å². The van der Waals surface area contributed by atoms with Crippen LogP contribution >= 0.6 is 0 Å². The number of nitrogens with zero attached hydrogens (tertiary/aromatic N) is 2. The van der Waals surface area contributed by atoms with E-state index in [-0.39, 0.29) is 11.6 Å². The second-order valence-electron chi connectivity index (χ2n) is 3.68. The van der Waals surface area contributed by atoms with E-state index in [1.807, 2.05) is 12.3 Å². The van der Waals surface area contributed by atoms with Crippen molar-refractivity contribution in [2.24, 2.45) is 9.98 Å². The number of hydrogen-bond donors (Lipinski definition) is 2. The summed E-state index contributed by atoms with van der Waals surface area (Å²) < 4.78 is 0. The van der Waals surface area contributed by atoms with Gasteiger partial charge in [0.2, 0.25) is 0 Å². The monoisotopic (exact) mass is 176 g/mol.